The second-order valence-corrected chi connectivity index (χ2v) is 9.01. The topological polar surface area (TPSA) is 82.8 Å². The lowest BCUT2D eigenvalue weighted by molar-refractivity contribution is -0.122. The molecule has 158 valence electrons. The first-order valence-corrected chi connectivity index (χ1v) is 10.7. The molecule has 1 N–H and O–H groups in total. The number of nitrogens with zero attached hydrogens (tertiary/aromatic N) is 5. The Hall–Kier alpha value is -3.35. The molecule has 1 aromatic carbocycles. The average Bonchev–Trinajstić information content (AvgIpc) is 3.34. The van der Waals surface area contributed by atoms with E-state index >= 15 is 0 Å². The Morgan fingerprint density at radius 1 is 1.16 bits per heavy atom. The zero-order valence-electron chi connectivity index (χ0n) is 18.3. The third-order valence-corrected chi connectivity index (χ3v) is 6.77. The summed E-state index contributed by atoms with van der Waals surface area (Å²) in [5.74, 6) is 1.64. The highest BCUT2D eigenvalue weighted by atomic mass is 16.1. The number of dihydropyridines is 1. The van der Waals surface area contributed by atoms with Gasteiger partial charge in [0.25, 0.3) is 0 Å². The monoisotopic (exact) mass is 414 g/mol. The maximum atomic E-state index is 13.6. The van der Waals surface area contributed by atoms with Crippen molar-refractivity contribution >= 4 is 17.4 Å². The number of hydrogen-bond donors (Lipinski definition) is 1. The Morgan fingerprint density at radius 3 is 2.68 bits per heavy atom. The van der Waals surface area contributed by atoms with E-state index in [4.69, 9.17) is 0 Å². The summed E-state index contributed by atoms with van der Waals surface area (Å²) in [6.07, 6.45) is 4.91. The van der Waals surface area contributed by atoms with Gasteiger partial charge in [-0.2, -0.15) is 5.11 Å². The van der Waals surface area contributed by atoms with Crippen LogP contribution in [0.3, 0.4) is 0 Å². The van der Waals surface area contributed by atoms with Crippen molar-refractivity contribution in [2.75, 3.05) is 18.5 Å². The molecule has 1 aromatic heterocycles. The lowest BCUT2D eigenvalue weighted by Gasteiger charge is -2.40. The van der Waals surface area contributed by atoms with Crippen LogP contribution in [0.5, 0.6) is 0 Å². The van der Waals surface area contributed by atoms with Crippen molar-refractivity contribution in [3.05, 3.63) is 71.0 Å². The van der Waals surface area contributed by atoms with Gasteiger partial charge in [0, 0.05) is 53.8 Å². The molecule has 2 aliphatic heterocycles. The molecule has 0 spiro atoms. The molecule has 1 atom stereocenters. The number of allylic oxidation sites excluding steroid dienone is 2. The highest BCUT2D eigenvalue weighted by Crippen LogP contribution is 2.55. The van der Waals surface area contributed by atoms with Crippen molar-refractivity contribution in [1.82, 2.24) is 15.3 Å². The van der Waals surface area contributed by atoms with Gasteiger partial charge in [-0.1, -0.05) is 32.9 Å². The largest absolute Gasteiger partial charge is 0.342 e. The van der Waals surface area contributed by atoms with Gasteiger partial charge in [0.15, 0.2) is 11.6 Å². The Bertz CT molecular complexity index is 1160. The minimum atomic E-state index is -0.543. The van der Waals surface area contributed by atoms with E-state index in [0.29, 0.717) is 18.9 Å². The molecular formula is C24H26N6O. The maximum absolute atomic E-state index is 13.6. The van der Waals surface area contributed by atoms with Crippen LogP contribution in [0.15, 0.2) is 75.6 Å². The lowest BCUT2D eigenvalue weighted by Crippen LogP contribution is -2.41. The molecule has 0 saturated heterocycles. The summed E-state index contributed by atoms with van der Waals surface area (Å²) in [5, 5.41) is 12.1. The van der Waals surface area contributed by atoms with Crippen LogP contribution in [0.2, 0.25) is 0 Å². The summed E-state index contributed by atoms with van der Waals surface area (Å²) in [7, 11) is 1.95. The molecule has 2 aromatic rings. The van der Waals surface area contributed by atoms with E-state index in [9.17, 15) is 4.79 Å². The minimum absolute atomic E-state index is 0.209. The highest BCUT2D eigenvalue weighted by Gasteiger charge is 2.54. The SMILES string of the molecule is CC[C@]1(c2cccc(N(C)c3ncccn3)c2)C2=C(N=NC2)NC2=C1C(=O)C(C)(C)C2. The van der Waals surface area contributed by atoms with E-state index in [1.165, 1.54) is 0 Å². The van der Waals surface area contributed by atoms with Crippen molar-refractivity contribution in [2.45, 2.75) is 39.0 Å². The number of benzene rings is 1. The van der Waals surface area contributed by atoms with Crippen molar-refractivity contribution in [1.29, 1.82) is 0 Å². The lowest BCUT2D eigenvalue weighted by atomic mass is 9.64. The Morgan fingerprint density at radius 2 is 1.94 bits per heavy atom. The van der Waals surface area contributed by atoms with Gasteiger partial charge in [0.2, 0.25) is 5.95 Å². The second-order valence-electron chi connectivity index (χ2n) is 9.01. The van der Waals surface area contributed by atoms with Gasteiger partial charge in [0.1, 0.15) is 0 Å². The van der Waals surface area contributed by atoms with E-state index in [2.05, 4.69) is 44.6 Å². The fourth-order valence-corrected chi connectivity index (χ4v) is 5.16. The van der Waals surface area contributed by atoms with E-state index < -0.39 is 10.8 Å². The van der Waals surface area contributed by atoms with Crippen LogP contribution in [0.25, 0.3) is 0 Å². The molecule has 5 rings (SSSR count). The van der Waals surface area contributed by atoms with E-state index in [1.807, 2.05) is 37.9 Å². The predicted octanol–water partition coefficient (Wildman–Crippen LogP) is 4.43. The molecule has 3 heterocycles. The van der Waals surface area contributed by atoms with Gasteiger partial charge in [-0.15, -0.1) is 5.11 Å². The second kappa shape index (κ2) is 6.83. The molecule has 0 unspecified atom stereocenters. The number of azo groups is 1. The van der Waals surface area contributed by atoms with E-state index in [0.717, 1.165) is 40.3 Å². The third-order valence-electron chi connectivity index (χ3n) is 6.77. The van der Waals surface area contributed by atoms with Gasteiger partial charge in [-0.3, -0.25) is 4.79 Å². The number of nitrogens with one attached hydrogen (secondary N) is 1. The molecule has 0 bridgehead atoms. The normalized spacial score (nSPS) is 23.7. The van der Waals surface area contributed by atoms with Crippen molar-refractivity contribution in [3.63, 3.8) is 0 Å². The predicted molar refractivity (Wildman–Crippen MR) is 119 cm³/mol. The van der Waals surface area contributed by atoms with Crippen LogP contribution in [-0.2, 0) is 10.2 Å². The molecule has 31 heavy (non-hydrogen) atoms. The van der Waals surface area contributed by atoms with Gasteiger partial charge in [-0.25, -0.2) is 9.97 Å². The summed E-state index contributed by atoms with van der Waals surface area (Å²) in [5.41, 5.74) is 4.02. The Kier molecular flexibility index (Phi) is 4.32. The number of Topliss-reactive ketones (excluding diaryl/α,β-unsaturated/α-hetero) is 1. The summed E-state index contributed by atoms with van der Waals surface area (Å²) >= 11 is 0. The number of rotatable bonds is 4. The number of hydrogen-bond acceptors (Lipinski definition) is 7. The van der Waals surface area contributed by atoms with Gasteiger partial charge in [-0.05, 0) is 30.2 Å². The zero-order valence-corrected chi connectivity index (χ0v) is 18.3. The fourth-order valence-electron chi connectivity index (χ4n) is 5.16. The number of ketones is 1. The summed E-state index contributed by atoms with van der Waals surface area (Å²) in [4.78, 5) is 24.3. The number of carbonyl (C=O) groups excluding carboxylic acids is 1. The number of anilines is 2. The molecule has 0 saturated carbocycles. The highest BCUT2D eigenvalue weighted by molar-refractivity contribution is 6.06. The fraction of sp³-hybridized carbons (Fsp3) is 0.375. The van der Waals surface area contributed by atoms with Crippen LogP contribution in [0.1, 0.15) is 39.2 Å². The van der Waals surface area contributed by atoms with E-state index in [1.54, 1.807) is 18.5 Å². The molecular weight excluding hydrogens is 388 g/mol. The number of carbonyl (C=O) groups is 1. The molecule has 0 amide bonds. The van der Waals surface area contributed by atoms with Crippen molar-refractivity contribution < 1.29 is 4.79 Å². The average molecular weight is 415 g/mol. The van der Waals surface area contributed by atoms with Crippen LogP contribution >= 0.6 is 0 Å². The van der Waals surface area contributed by atoms with Gasteiger partial charge < -0.3 is 10.2 Å². The summed E-state index contributed by atoms with van der Waals surface area (Å²) in [6.45, 7) is 6.70. The van der Waals surface area contributed by atoms with Crippen molar-refractivity contribution in [3.8, 4) is 0 Å². The molecule has 3 aliphatic rings. The summed E-state index contributed by atoms with van der Waals surface area (Å²) < 4.78 is 0. The summed E-state index contributed by atoms with van der Waals surface area (Å²) in [6, 6.07) is 10.1. The van der Waals surface area contributed by atoms with Crippen LogP contribution in [0, 0.1) is 5.41 Å². The zero-order chi connectivity index (χ0) is 21.8. The first kappa shape index (κ1) is 19.6. The standard InChI is InChI=1S/C24H26N6O/c1-5-24(15-8-6-9-16(12-15)30(4)22-25-10-7-11-26-22)17-14-27-29-21(17)28-18-13-23(2,3)20(31)19(18)24/h6-12,28H,5,13-14H2,1-4H3/t24-/m0/s1. The van der Waals surface area contributed by atoms with Crippen molar-refractivity contribution in [2.24, 2.45) is 15.6 Å². The first-order valence-electron chi connectivity index (χ1n) is 10.7. The van der Waals surface area contributed by atoms with E-state index in [-0.39, 0.29) is 5.78 Å². The van der Waals surface area contributed by atoms with Crippen LogP contribution < -0.4 is 10.2 Å². The molecule has 1 aliphatic carbocycles. The third kappa shape index (κ3) is 2.76. The Balaban J connectivity index is 1.68. The number of aromatic nitrogens is 2. The minimum Gasteiger partial charge on any atom is -0.342 e. The Labute approximate surface area is 182 Å². The quantitative estimate of drug-likeness (QED) is 0.800. The van der Waals surface area contributed by atoms with Gasteiger partial charge >= 0.3 is 0 Å². The molecule has 0 radical (unpaired) electrons. The maximum Gasteiger partial charge on any atom is 0.229 e. The first-order chi connectivity index (χ1) is 14.9. The van der Waals surface area contributed by atoms with Crippen LogP contribution in [0.4, 0.5) is 11.6 Å². The molecule has 7 nitrogen and oxygen atoms in total. The van der Waals surface area contributed by atoms with Gasteiger partial charge in [0.05, 0.1) is 12.0 Å². The molecule has 7 heteroatoms. The molecule has 0 fully saturated rings. The van der Waals surface area contributed by atoms with Crippen LogP contribution in [-0.4, -0.2) is 29.3 Å². The smallest absolute Gasteiger partial charge is 0.229 e.